The Bertz CT molecular complexity index is 1730. The Kier molecular flexibility index (Phi) is 74.9. The number of benzene rings is 1. The Balaban J connectivity index is 3.51. The van der Waals surface area contributed by atoms with E-state index >= 15 is 0 Å². The highest BCUT2D eigenvalue weighted by atomic mass is 16.2. The van der Waals surface area contributed by atoms with Gasteiger partial charge in [-0.05, 0) is 172 Å². The number of rotatable bonds is 87. The minimum Gasteiger partial charge on any atom is -0.366 e. The summed E-state index contributed by atoms with van der Waals surface area (Å²) in [7, 11) is 0. The van der Waals surface area contributed by atoms with Gasteiger partial charge in [0, 0.05) is 16.7 Å². The van der Waals surface area contributed by atoms with Gasteiger partial charge in [-0.3, -0.25) is 14.4 Å². The molecule has 0 aromatic heterocycles. The van der Waals surface area contributed by atoms with Gasteiger partial charge in [0.15, 0.2) is 0 Å². The van der Waals surface area contributed by atoms with E-state index < -0.39 is 17.7 Å². The minimum atomic E-state index is -0.570. The van der Waals surface area contributed by atoms with E-state index in [4.69, 9.17) is 17.2 Å². The van der Waals surface area contributed by atoms with Gasteiger partial charge in [-0.2, -0.15) is 0 Å². The number of hydrogen-bond donors (Lipinski definition) is 3. The van der Waals surface area contributed by atoms with Crippen LogP contribution in [0.15, 0.2) is 0 Å². The van der Waals surface area contributed by atoms with Crippen LogP contribution in [0.1, 0.15) is 532 Å². The van der Waals surface area contributed by atoms with Crippen LogP contribution in [0.3, 0.4) is 0 Å². The van der Waals surface area contributed by atoms with Crippen LogP contribution in [0.25, 0.3) is 0 Å². The van der Waals surface area contributed by atoms with E-state index in [-0.39, 0.29) is 0 Å². The fourth-order valence-corrected chi connectivity index (χ4v) is 16.9. The predicted octanol–water partition coefficient (Wildman–Crippen LogP) is 28.6. The Morgan fingerprint density at radius 1 is 0.171 bits per heavy atom. The summed E-state index contributed by atoms with van der Waals surface area (Å²) in [5.41, 5.74) is 22.8. The summed E-state index contributed by atoms with van der Waals surface area (Å²) in [6.07, 6.45) is 91.4. The van der Waals surface area contributed by atoms with Gasteiger partial charge < -0.3 is 31.9 Å². The molecule has 0 unspecified atom stereocenters. The topological polar surface area (TPSA) is 139 Å². The highest BCUT2D eigenvalue weighted by Gasteiger charge is 2.30. The van der Waals surface area contributed by atoms with E-state index in [0.717, 1.165) is 77.4 Å². The Morgan fingerprint density at radius 2 is 0.276 bits per heavy atom. The lowest BCUT2D eigenvalue weighted by molar-refractivity contribution is 0.0998. The van der Waals surface area contributed by atoms with Crippen LogP contribution in [-0.4, -0.2) is 91.3 Å². The molecule has 3 amide bonds. The van der Waals surface area contributed by atoms with E-state index in [2.05, 4.69) is 56.2 Å². The maximum atomic E-state index is 14.2. The zero-order valence-corrected chi connectivity index (χ0v) is 72.1. The molecule has 0 atom stereocenters. The van der Waals surface area contributed by atoms with Crippen LogP contribution in [0.4, 0.5) is 0 Å². The molecule has 0 aliphatic heterocycles. The Labute approximate surface area is 656 Å². The van der Waals surface area contributed by atoms with Crippen molar-refractivity contribution in [3.8, 4) is 0 Å². The first-order chi connectivity index (χ1) is 51.6. The minimum absolute atomic E-state index is 0.350. The third kappa shape index (κ3) is 59.9. The quantitative estimate of drug-likeness (QED) is 0.0555. The molecule has 1 aromatic carbocycles. The Morgan fingerprint density at radius 3 is 0.390 bits per heavy atom. The zero-order chi connectivity index (χ0) is 76.2. The van der Waals surface area contributed by atoms with Gasteiger partial charge in [-0.25, -0.2) is 0 Å². The van der Waals surface area contributed by atoms with Crippen LogP contribution < -0.4 is 17.2 Å². The normalized spacial score (nSPS) is 11.9. The Hall–Kier alpha value is -2.49. The first-order valence-corrected chi connectivity index (χ1v) is 47.9. The van der Waals surface area contributed by atoms with Crippen LogP contribution in [-0.2, 0) is 19.3 Å². The number of carbonyl (C=O) groups is 3. The molecule has 618 valence electrons. The molecule has 0 bridgehead atoms. The molecule has 1 aromatic rings. The number of primary amides is 3. The molecule has 0 radical (unpaired) electrons. The van der Waals surface area contributed by atoms with Crippen molar-refractivity contribution in [2.75, 3.05) is 58.9 Å². The molecule has 0 saturated carbocycles. The largest absolute Gasteiger partial charge is 0.366 e. The first-order valence-electron chi connectivity index (χ1n) is 47.9. The molecular formula is C96H186N6O3. The summed E-state index contributed by atoms with van der Waals surface area (Å²) < 4.78 is 0. The van der Waals surface area contributed by atoms with Gasteiger partial charge >= 0.3 is 0 Å². The standard InChI is InChI=1S/C96H186N6O3/c1-7-13-19-25-31-37-43-49-55-67-79-100(80-68-56-50-44-38-32-26-20-14-8-2)85-73-61-64-76-88-91(94(97)103)89(77-65-62-74-86-101(81-69-57-51-45-39-33-27-21-15-9-3)82-70-58-52-46-40-34-28-22-16-10-4)93(96(99)105)90(92(88)95(98)104)78-66-63-75-87-102(83-71-59-53-47-41-35-29-23-17-11-5)84-72-60-54-48-42-36-30-24-18-12-6/h7-87H2,1-6H3,(H2,97,103)(H2,98,104)(H2,99,105). The highest BCUT2D eigenvalue weighted by Crippen LogP contribution is 2.33. The molecular weight excluding hydrogens is 1290 g/mol. The zero-order valence-electron chi connectivity index (χ0n) is 72.1. The first kappa shape index (κ1) is 101. The third-order valence-corrected chi connectivity index (χ3v) is 23.7. The lowest BCUT2D eigenvalue weighted by Gasteiger charge is -2.25. The van der Waals surface area contributed by atoms with Crippen molar-refractivity contribution in [3.05, 3.63) is 33.4 Å². The molecule has 0 spiro atoms. The summed E-state index contributed by atoms with van der Waals surface area (Å²) >= 11 is 0. The molecule has 1 rings (SSSR count). The van der Waals surface area contributed by atoms with Crippen molar-refractivity contribution in [3.63, 3.8) is 0 Å². The molecule has 0 heterocycles. The molecule has 6 N–H and O–H groups in total. The van der Waals surface area contributed by atoms with E-state index in [1.165, 1.54) is 425 Å². The van der Waals surface area contributed by atoms with Crippen molar-refractivity contribution < 1.29 is 14.4 Å². The summed E-state index contributed by atoms with van der Waals surface area (Å²) in [6.45, 7) is 24.0. The summed E-state index contributed by atoms with van der Waals surface area (Å²) in [6, 6.07) is 0. The second kappa shape index (κ2) is 78.2. The third-order valence-electron chi connectivity index (χ3n) is 23.7. The van der Waals surface area contributed by atoms with Crippen molar-refractivity contribution >= 4 is 17.7 Å². The fraction of sp³-hybridized carbons (Fsp3) is 0.906. The van der Waals surface area contributed by atoms with Crippen molar-refractivity contribution in [1.82, 2.24) is 14.7 Å². The summed E-state index contributed by atoms with van der Waals surface area (Å²) in [4.78, 5) is 51.0. The predicted molar refractivity (Wildman–Crippen MR) is 465 cm³/mol. The van der Waals surface area contributed by atoms with Crippen LogP contribution in [0.2, 0.25) is 0 Å². The molecule has 0 saturated heterocycles. The summed E-state index contributed by atoms with van der Waals surface area (Å²) in [5, 5.41) is 0. The smallest absolute Gasteiger partial charge is 0.249 e. The molecule has 9 heteroatoms. The van der Waals surface area contributed by atoms with Crippen LogP contribution >= 0.6 is 0 Å². The molecule has 9 nitrogen and oxygen atoms in total. The monoisotopic (exact) mass is 1470 g/mol. The lowest BCUT2D eigenvalue weighted by atomic mass is 9.80. The van der Waals surface area contributed by atoms with Crippen LogP contribution in [0.5, 0.6) is 0 Å². The van der Waals surface area contributed by atoms with Gasteiger partial charge in [0.05, 0.1) is 0 Å². The van der Waals surface area contributed by atoms with Gasteiger partial charge in [-0.1, -0.05) is 408 Å². The average Bonchev–Trinajstić information content (AvgIpc) is 0.754. The SMILES string of the molecule is CCCCCCCCCCCCN(CCCCCCCCCCCC)CCCCCc1c(C(N)=O)c(CCCCCN(CCCCCCCCCCCC)CCCCCCCCCCCC)c(C(N)=O)c(CCCCCN(CCCCCCCCCCCC)CCCCCCCCCCCC)c1C(N)=O. The number of hydrogen-bond acceptors (Lipinski definition) is 6. The number of nitrogens with two attached hydrogens (primary N) is 3. The average molecular weight is 1470 g/mol. The van der Waals surface area contributed by atoms with Gasteiger partial charge in [-0.15, -0.1) is 0 Å². The molecule has 0 aliphatic carbocycles. The maximum absolute atomic E-state index is 14.2. The fourth-order valence-electron chi connectivity index (χ4n) is 16.9. The van der Waals surface area contributed by atoms with Crippen molar-refractivity contribution in [2.24, 2.45) is 17.2 Å². The summed E-state index contributed by atoms with van der Waals surface area (Å²) in [5.74, 6) is -1.71. The van der Waals surface area contributed by atoms with Crippen molar-refractivity contribution in [2.45, 2.75) is 504 Å². The van der Waals surface area contributed by atoms with E-state index in [1.54, 1.807) is 0 Å². The van der Waals surface area contributed by atoms with Gasteiger partial charge in [0.2, 0.25) is 17.7 Å². The van der Waals surface area contributed by atoms with Gasteiger partial charge in [0.1, 0.15) is 0 Å². The van der Waals surface area contributed by atoms with Gasteiger partial charge in [0.25, 0.3) is 0 Å². The van der Waals surface area contributed by atoms with E-state index in [9.17, 15) is 14.4 Å². The maximum Gasteiger partial charge on any atom is 0.249 e. The van der Waals surface area contributed by atoms with E-state index in [0.29, 0.717) is 52.6 Å². The van der Waals surface area contributed by atoms with Crippen molar-refractivity contribution in [1.29, 1.82) is 0 Å². The number of amides is 3. The second-order valence-electron chi connectivity index (χ2n) is 33.7. The molecule has 0 aliphatic rings. The molecule has 0 fully saturated rings. The second-order valence-corrected chi connectivity index (χ2v) is 33.7. The number of unbranched alkanes of at least 4 members (excludes halogenated alkanes) is 60. The molecule has 105 heavy (non-hydrogen) atoms. The number of carbonyl (C=O) groups excluding carboxylic acids is 3. The van der Waals surface area contributed by atoms with E-state index in [1.807, 2.05) is 0 Å². The highest BCUT2D eigenvalue weighted by molar-refractivity contribution is 6.09. The van der Waals surface area contributed by atoms with Crippen LogP contribution in [0, 0.1) is 0 Å². The lowest BCUT2D eigenvalue weighted by Crippen LogP contribution is -2.29. The number of nitrogens with zero attached hydrogens (tertiary/aromatic N) is 3.